The second-order valence-electron chi connectivity index (χ2n) is 3.81. The zero-order valence-corrected chi connectivity index (χ0v) is 11.1. The van der Waals surface area contributed by atoms with Crippen LogP contribution < -0.4 is 5.73 Å². The monoisotopic (exact) mass is 262 g/mol. The molecular weight excluding hydrogens is 248 g/mol. The first kappa shape index (κ1) is 12.6. The highest BCUT2D eigenvalue weighted by Gasteiger charge is 2.20. The number of nitrogens with two attached hydrogens (primary N) is 1. The van der Waals surface area contributed by atoms with Gasteiger partial charge in [0.15, 0.2) is 4.88 Å². The lowest BCUT2D eigenvalue weighted by Gasteiger charge is -2.03. The summed E-state index contributed by atoms with van der Waals surface area (Å²) in [6, 6.07) is 7.80. The van der Waals surface area contributed by atoms with Crippen LogP contribution >= 0.6 is 11.5 Å². The molecule has 0 bridgehead atoms. The Kier molecular flexibility index (Phi) is 3.62. The molecule has 5 heteroatoms. The van der Waals surface area contributed by atoms with Crippen LogP contribution in [0.5, 0.6) is 0 Å². The van der Waals surface area contributed by atoms with E-state index < -0.39 is 5.97 Å². The Balaban J connectivity index is 2.43. The van der Waals surface area contributed by atoms with Gasteiger partial charge in [-0.2, -0.15) is 4.37 Å². The molecule has 2 aromatic rings. The molecule has 1 aromatic carbocycles. The predicted octanol–water partition coefficient (Wildman–Crippen LogP) is 2.88. The molecule has 0 spiro atoms. The molecule has 1 heterocycles. The Bertz CT molecular complexity index is 578. The summed E-state index contributed by atoms with van der Waals surface area (Å²) in [7, 11) is 0. The number of hydrogen-bond acceptors (Lipinski definition) is 5. The molecule has 18 heavy (non-hydrogen) atoms. The smallest absolute Gasteiger partial charge is 0.352 e. The third-order valence-electron chi connectivity index (χ3n) is 2.59. The zero-order valence-electron chi connectivity index (χ0n) is 10.3. The standard InChI is InChI=1S/C13H14N2O2S/c1-3-17-13(16)12-10(14)11(15-18-12)9-7-5-4-6-8(9)2/h4-7H,3,14H2,1-2H3. The third-order valence-corrected chi connectivity index (χ3v) is 3.43. The molecule has 0 aliphatic carbocycles. The molecule has 4 nitrogen and oxygen atoms in total. The van der Waals surface area contributed by atoms with E-state index in [1.807, 2.05) is 31.2 Å². The van der Waals surface area contributed by atoms with Gasteiger partial charge in [-0.05, 0) is 30.9 Å². The van der Waals surface area contributed by atoms with Crippen molar-refractivity contribution in [1.82, 2.24) is 4.37 Å². The van der Waals surface area contributed by atoms with Crippen molar-refractivity contribution < 1.29 is 9.53 Å². The number of nitrogens with zero attached hydrogens (tertiary/aromatic N) is 1. The van der Waals surface area contributed by atoms with E-state index in [4.69, 9.17) is 10.5 Å². The Morgan fingerprint density at radius 1 is 1.44 bits per heavy atom. The summed E-state index contributed by atoms with van der Waals surface area (Å²) in [6.07, 6.45) is 0. The SMILES string of the molecule is CCOC(=O)c1snc(-c2ccccc2C)c1N. The van der Waals surface area contributed by atoms with E-state index in [0.29, 0.717) is 22.9 Å². The maximum atomic E-state index is 11.7. The molecular formula is C13H14N2O2S. The van der Waals surface area contributed by atoms with E-state index in [-0.39, 0.29) is 0 Å². The van der Waals surface area contributed by atoms with Crippen LogP contribution in [0, 0.1) is 6.92 Å². The average molecular weight is 262 g/mol. The van der Waals surface area contributed by atoms with Gasteiger partial charge in [-0.3, -0.25) is 0 Å². The molecule has 0 saturated heterocycles. The number of aryl methyl sites for hydroxylation is 1. The fraction of sp³-hybridized carbons (Fsp3) is 0.231. The summed E-state index contributed by atoms with van der Waals surface area (Å²) in [5.41, 5.74) is 9.05. The predicted molar refractivity (Wildman–Crippen MR) is 72.7 cm³/mol. The van der Waals surface area contributed by atoms with E-state index in [1.54, 1.807) is 6.92 Å². The van der Waals surface area contributed by atoms with Crippen molar-refractivity contribution in [2.24, 2.45) is 0 Å². The second kappa shape index (κ2) is 5.18. The van der Waals surface area contributed by atoms with E-state index in [9.17, 15) is 4.79 Å². The van der Waals surface area contributed by atoms with Crippen LogP contribution in [0.25, 0.3) is 11.3 Å². The van der Waals surface area contributed by atoms with E-state index in [2.05, 4.69) is 4.37 Å². The molecule has 1 aromatic heterocycles. The van der Waals surface area contributed by atoms with Crippen LogP contribution in [0.4, 0.5) is 5.69 Å². The number of anilines is 1. The molecule has 0 atom stereocenters. The van der Waals surface area contributed by atoms with Gasteiger partial charge in [0.25, 0.3) is 0 Å². The largest absolute Gasteiger partial charge is 0.462 e. The molecule has 0 radical (unpaired) electrons. The Morgan fingerprint density at radius 3 is 2.83 bits per heavy atom. The fourth-order valence-corrected chi connectivity index (χ4v) is 2.38. The first-order valence-corrected chi connectivity index (χ1v) is 6.40. The van der Waals surface area contributed by atoms with Crippen molar-refractivity contribution in [3.8, 4) is 11.3 Å². The fourth-order valence-electron chi connectivity index (χ4n) is 1.67. The van der Waals surface area contributed by atoms with Gasteiger partial charge in [0, 0.05) is 5.56 Å². The van der Waals surface area contributed by atoms with Gasteiger partial charge in [-0.25, -0.2) is 4.79 Å². The number of benzene rings is 1. The highest BCUT2D eigenvalue weighted by atomic mass is 32.1. The summed E-state index contributed by atoms with van der Waals surface area (Å²) < 4.78 is 9.21. The lowest BCUT2D eigenvalue weighted by molar-refractivity contribution is 0.0533. The van der Waals surface area contributed by atoms with Crippen molar-refractivity contribution >= 4 is 23.2 Å². The Hall–Kier alpha value is -1.88. The number of hydrogen-bond donors (Lipinski definition) is 1. The molecule has 0 unspecified atom stereocenters. The van der Waals surface area contributed by atoms with E-state index in [0.717, 1.165) is 22.7 Å². The van der Waals surface area contributed by atoms with Crippen LogP contribution in [0.1, 0.15) is 22.2 Å². The highest BCUT2D eigenvalue weighted by Crippen LogP contribution is 2.32. The zero-order chi connectivity index (χ0) is 13.1. The average Bonchev–Trinajstić information content (AvgIpc) is 2.72. The summed E-state index contributed by atoms with van der Waals surface area (Å²) >= 11 is 1.08. The van der Waals surface area contributed by atoms with Crippen molar-refractivity contribution in [3.05, 3.63) is 34.7 Å². The Morgan fingerprint density at radius 2 is 2.17 bits per heavy atom. The molecule has 0 aliphatic heterocycles. The summed E-state index contributed by atoms with van der Waals surface area (Å²) in [5, 5.41) is 0. The number of aromatic nitrogens is 1. The number of carbonyl (C=O) groups excluding carboxylic acids is 1. The van der Waals surface area contributed by atoms with E-state index in [1.165, 1.54) is 0 Å². The molecule has 0 aliphatic rings. The first-order chi connectivity index (χ1) is 8.65. The Labute approximate surface area is 110 Å². The first-order valence-electron chi connectivity index (χ1n) is 5.63. The van der Waals surface area contributed by atoms with Crippen LogP contribution in [0.15, 0.2) is 24.3 Å². The highest BCUT2D eigenvalue weighted by molar-refractivity contribution is 7.09. The minimum absolute atomic E-state index is 0.329. The van der Waals surface area contributed by atoms with Gasteiger partial charge in [0.05, 0.1) is 12.3 Å². The lowest BCUT2D eigenvalue weighted by atomic mass is 10.0. The van der Waals surface area contributed by atoms with Crippen LogP contribution in [0.2, 0.25) is 0 Å². The van der Waals surface area contributed by atoms with Gasteiger partial charge < -0.3 is 10.5 Å². The quantitative estimate of drug-likeness (QED) is 0.864. The summed E-state index contributed by atoms with van der Waals surface area (Å²) in [5.74, 6) is -0.410. The maximum Gasteiger partial charge on any atom is 0.352 e. The van der Waals surface area contributed by atoms with E-state index >= 15 is 0 Å². The molecule has 2 N–H and O–H groups in total. The number of nitrogen functional groups attached to an aromatic ring is 1. The number of rotatable bonds is 3. The van der Waals surface area contributed by atoms with Gasteiger partial charge in [0.2, 0.25) is 0 Å². The van der Waals surface area contributed by atoms with Crippen molar-refractivity contribution in [2.45, 2.75) is 13.8 Å². The molecule has 94 valence electrons. The maximum absolute atomic E-state index is 11.7. The molecule has 2 rings (SSSR count). The number of esters is 1. The van der Waals surface area contributed by atoms with Crippen LogP contribution in [-0.2, 0) is 4.74 Å². The van der Waals surface area contributed by atoms with Gasteiger partial charge in [-0.1, -0.05) is 24.3 Å². The second-order valence-corrected chi connectivity index (χ2v) is 4.58. The van der Waals surface area contributed by atoms with Crippen molar-refractivity contribution in [1.29, 1.82) is 0 Å². The normalized spacial score (nSPS) is 10.3. The molecule has 0 fully saturated rings. The van der Waals surface area contributed by atoms with Gasteiger partial charge in [-0.15, -0.1) is 0 Å². The topological polar surface area (TPSA) is 65.2 Å². The molecule has 0 amide bonds. The van der Waals surface area contributed by atoms with Crippen molar-refractivity contribution in [3.63, 3.8) is 0 Å². The van der Waals surface area contributed by atoms with Gasteiger partial charge >= 0.3 is 5.97 Å². The third kappa shape index (κ3) is 2.22. The summed E-state index contributed by atoms with van der Waals surface area (Å²) in [6.45, 7) is 4.07. The molecule has 0 saturated carbocycles. The van der Waals surface area contributed by atoms with Crippen LogP contribution in [-0.4, -0.2) is 16.9 Å². The van der Waals surface area contributed by atoms with Gasteiger partial charge in [0.1, 0.15) is 5.69 Å². The minimum Gasteiger partial charge on any atom is -0.462 e. The van der Waals surface area contributed by atoms with Crippen LogP contribution in [0.3, 0.4) is 0 Å². The number of ether oxygens (including phenoxy) is 1. The minimum atomic E-state index is -0.410. The number of carbonyl (C=O) groups is 1. The lowest BCUT2D eigenvalue weighted by Crippen LogP contribution is -2.05. The summed E-state index contributed by atoms with van der Waals surface area (Å²) in [4.78, 5) is 12.0. The van der Waals surface area contributed by atoms with Crippen molar-refractivity contribution in [2.75, 3.05) is 12.3 Å².